The molecule has 0 bridgehead atoms. The molecule has 8 nitrogen and oxygen atoms in total. The first-order valence-electron chi connectivity index (χ1n) is 6.77. The fraction of sp³-hybridized carbons (Fsp3) is 0.0625. The Labute approximate surface area is 135 Å². The molecule has 0 radical (unpaired) electrons. The summed E-state index contributed by atoms with van der Waals surface area (Å²) in [6.07, 6.45) is 2.39. The summed E-state index contributed by atoms with van der Waals surface area (Å²) in [4.78, 5) is 56.9. The second-order valence-corrected chi connectivity index (χ2v) is 4.74. The highest BCUT2D eigenvalue weighted by Crippen LogP contribution is 2.23. The van der Waals surface area contributed by atoms with Crippen molar-refractivity contribution in [3.05, 3.63) is 65.0 Å². The van der Waals surface area contributed by atoms with E-state index < -0.39 is 23.8 Å². The van der Waals surface area contributed by atoms with Crippen LogP contribution in [0.3, 0.4) is 0 Å². The van der Waals surface area contributed by atoms with E-state index in [1.165, 1.54) is 24.4 Å². The Kier molecular flexibility index (Phi) is 3.78. The van der Waals surface area contributed by atoms with Crippen molar-refractivity contribution >= 4 is 23.8 Å². The van der Waals surface area contributed by atoms with Crippen molar-refractivity contribution in [3.63, 3.8) is 0 Å². The molecule has 0 saturated heterocycles. The van der Waals surface area contributed by atoms with Crippen LogP contribution in [0.25, 0.3) is 0 Å². The predicted octanol–water partition coefficient (Wildman–Crippen LogP) is 1.24. The van der Waals surface area contributed by atoms with Gasteiger partial charge in [0.15, 0.2) is 0 Å². The maximum absolute atomic E-state index is 12.3. The zero-order chi connectivity index (χ0) is 17.3. The molecule has 2 amide bonds. The molecule has 1 aliphatic heterocycles. The molecule has 1 aromatic heterocycles. The Morgan fingerprint density at radius 1 is 0.958 bits per heavy atom. The van der Waals surface area contributed by atoms with Gasteiger partial charge >= 0.3 is 11.9 Å². The van der Waals surface area contributed by atoms with Gasteiger partial charge in [-0.1, -0.05) is 17.2 Å². The number of nitrogens with zero attached hydrogens (tertiary/aromatic N) is 2. The van der Waals surface area contributed by atoms with Gasteiger partial charge in [0.05, 0.1) is 29.4 Å². The minimum atomic E-state index is -1.07. The molecule has 1 aliphatic rings. The van der Waals surface area contributed by atoms with E-state index in [9.17, 15) is 19.2 Å². The Morgan fingerprint density at radius 3 is 2.17 bits per heavy atom. The first-order valence-corrected chi connectivity index (χ1v) is 6.77. The van der Waals surface area contributed by atoms with Crippen LogP contribution in [0.4, 0.5) is 0 Å². The van der Waals surface area contributed by atoms with Gasteiger partial charge in [-0.15, -0.1) is 0 Å². The van der Waals surface area contributed by atoms with Gasteiger partial charge in [-0.3, -0.25) is 14.6 Å². The number of fused-ring (bicyclic) bond motifs is 1. The van der Waals surface area contributed by atoms with E-state index in [1.54, 1.807) is 12.1 Å². The number of carbonyl (C=O) groups excluding carboxylic acids is 4. The number of hydrogen-bond donors (Lipinski definition) is 0. The van der Waals surface area contributed by atoms with Gasteiger partial charge in [0.2, 0.25) is 0 Å². The van der Waals surface area contributed by atoms with Gasteiger partial charge in [-0.25, -0.2) is 9.59 Å². The lowest BCUT2D eigenvalue weighted by Gasteiger charge is -2.13. The van der Waals surface area contributed by atoms with Crippen molar-refractivity contribution in [2.45, 2.75) is 0 Å². The number of methoxy groups -OCH3 is 1. The minimum absolute atomic E-state index is 0.0888. The minimum Gasteiger partial charge on any atom is -0.465 e. The average molecular weight is 326 g/mol. The van der Waals surface area contributed by atoms with Gasteiger partial charge in [0, 0.05) is 12.4 Å². The number of hydroxylamine groups is 2. The smallest absolute Gasteiger partial charge is 0.366 e. The van der Waals surface area contributed by atoms with E-state index in [0.717, 1.165) is 13.3 Å². The van der Waals surface area contributed by atoms with Gasteiger partial charge in [0.1, 0.15) is 0 Å². The summed E-state index contributed by atoms with van der Waals surface area (Å²) in [5.74, 6) is -3.36. The highest BCUT2D eigenvalue weighted by Gasteiger charge is 2.39. The van der Waals surface area contributed by atoms with Crippen LogP contribution in [-0.4, -0.2) is 40.9 Å². The highest BCUT2D eigenvalue weighted by atomic mass is 16.7. The van der Waals surface area contributed by atoms with Crippen molar-refractivity contribution in [1.82, 2.24) is 10.0 Å². The van der Waals surface area contributed by atoms with Crippen LogP contribution >= 0.6 is 0 Å². The standard InChI is InChI=1S/C16H10N2O6/c1-23-15(21)11-6-7-17-8-12(11)16(22)24-18-13(19)9-4-2-3-5-10(9)14(18)20/h2-8H,1H3. The molecule has 0 spiro atoms. The van der Waals surface area contributed by atoms with E-state index in [1.807, 2.05) is 0 Å². The van der Waals surface area contributed by atoms with Gasteiger partial charge in [-0.2, -0.15) is 0 Å². The topological polar surface area (TPSA) is 103 Å². The van der Waals surface area contributed by atoms with E-state index in [-0.39, 0.29) is 22.3 Å². The summed E-state index contributed by atoms with van der Waals surface area (Å²) < 4.78 is 4.57. The maximum atomic E-state index is 12.3. The molecule has 0 unspecified atom stereocenters. The molecule has 0 aliphatic carbocycles. The lowest BCUT2D eigenvalue weighted by Crippen LogP contribution is -2.33. The molecule has 2 aromatic rings. The second-order valence-electron chi connectivity index (χ2n) is 4.74. The monoisotopic (exact) mass is 326 g/mol. The summed E-state index contributed by atoms with van der Waals surface area (Å²) in [6.45, 7) is 0. The third kappa shape index (κ3) is 2.39. The number of pyridine rings is 1. The van der Waals surface area contributed by atoms with E-state index >= 15 is 0 Å². The summed E-state index contributed by atoms with van der Waals surface area (Å²) in [5, 5.41) is 0.362. The fourth-order valence-electron chi connectivity index (χ4n) is 2.23. The predicted molar refractivity (Wildman–Crippen MR) is 77.9 cm³/mol. The van der Waals surface area contributed by atoms with Gasteiger partial charge in [-0.05, 0) is 18.2 Å². The molecule has 0 atom stereocenters. The first kappa shape index (κ1) is 15.3. The molecule has 0 saturated carbocycles. The second kappa shape index (κ2) is 5.92. The normalized spacial score (nSPS) is 12.8. The Morgan fingerprint density at radius 2 is 1.58 bits per heavy atom. The van der Waals surface area contributed by atoms with E-state index in [2.05, 4.69) is 9.72 Å². The van der Waals surface area contributed by atoms with Crippen LogP contribution < -0.4 is 0 Å². The Balaban J connectivity index is 1.89. The third-order valence-corrected chi connectivity index (χ3v) is 3.38. The number of esters is 1. The number of ether oxygens (including phenoxy) is 1. The maximum Gasteiger partial charge on any atom is 0.366 e. The zero-order valence-electron chi connectivity index (χ0n) is 12.4. The van der Waals surface area contributed by atoms with Crippen LogP contribution in [0.1, 0.15) is 41.4 Å². The number of benzene rings is 1. The van der Waals surface area contributed by atoms with Crippen LogP contribution in [0.5, 0.6) is 0 Å². The number of hydrogen-bond acceptors (Lipinski definition) is 7. The van der Waals surface area contributed by atoms with Gasteiger partial charge < -0.3 is 9.57 Å². The van der Waals surface area contributed by atoms with Crippen molar-refractivity contribution in [1.29, 1.82) is 0 Å². The van der Waals surface area contributed by atoms with Crippen molar-refractivity contribution in [2.75, 3.05) is 7.11 Å². The van der Waals surface area contributed by atoms with E-state index in [4.69, 9.17) is 4.84 Å². The number of aromatic nitrogens is 1. The zero-order valence-corrected chi connectivity index (χ0v) is 12.4. The Hall–Kier alpha value is -3.55. The number of carbonyl (C=O) groups is 4. The lowest BCUT2D eigenvalue weighted by molar-refractivity contribution is -0.0585. The molecule has 2 heterocycles. The van der Waals surface area contributed by atoms with Crippen molar-refractivity contribution in [3.8, 4) is 0 Å². The molecule has 8 heteroatoms. The lowest BCUT2D eigenvalue weighted by atomic mass is 10.1. The van der Waals surface area contributed by atoms with Crippen LogP contribution in [0.15, 0.2) is 42.7 Å². The van der Waals surface area contributed by atoms with E-state index in [0.29, 0.717) is 5.06 Å². The molecule has 24 heavy (non-hydrogen) atoms. The van der Waals surface area contributed by atoms with Crippen molar-refractivity contribution < 1.29 is 28.8 Å². The summed E-state index contributed by atoms with van der Waals surface area (Å²) in [5.41, 5.74) is -0.0422. The van der Waals surface area contributed by atoms with Crippen LogP contribution in [0.2, 0.25) is 0 Å². The van der Waals surface area contributed by atoms with Crippen molar-refractivity contribution in [2.24, 2.45) is 0 Å². The highest BCUT2D eigenvalue weighted by molar-refractivity contribution is 6.21. The van der Waals surface area contributed by atoms with Gasteiger partial charge in [0.25, 0.3) is 11.8 Å². The van der Waals surface area contributed by atoms with Crippen LogP contribution in [-0.2, 0) is 9.57 Å². The molecule has 0 fully saturated rings. The number of rotatable bonds is 3. The first-order chi connectivity index (χ1) is 11.5. The molecular formula is C16H10N2O6. The quantitative estimate of drug-likeness (QED) is 0.617. The summed E-state index contributed by atoms with van der Waals surface area (Å²) >= 11 is 0. The SMILES string of the molecule is COC(=O)c1ccncc1C(=O)ON1C(=O)c2ccccc2C1=O. The molecule has 1 aromatic carbocycles. The fourth-order valence-corrected chi connectivity index (χ4v) is 2.23. The molecular weight excluding hydrogens is 316 g/mol. The summed E-state index contributed by atoms with van der Waals surface area (Å²) in [7, 11) is 1.15. The average Bonchev–Trinajstić information content (AvgIpc) is 2.86. The molecule has 120 valence electrons. The number of amides is 2. The summed E-state index contributed by atoms with van der Waals surface area (Å²) in [6, 6.07) is 7.35. The van der Waals surface area contributed by atoms with Crippen LogP contribution in [0, 0.1) is 0 Å². The largest absolute Gasteiger partial charge is 0.465 e. The number of imide groups is 1. The molecule has 3 rings (SSSR count). The Bertz CT molecular complexity index is 841. The molecule has 0 N–H and O–H groups in total. The third-order valence-electron chi connectivity index (χ3n) is 3.38.